The van der Waals surface area contributed by atoms with E-state index < -0.39 is 5.97 Å². The molecule has 0 spiro atoms. The Hall–Kier alpha value is -2.21. The SMILES string of the molecule is CC(C)(CC(=N)C(=O)O)N1CCC(N2C(=O)Cc3ccccc32)CC1. The molecule has 1 aromatic rings. The number of aliphatic carboxylic acids is 1. The average Bonchev–Trinajstić information content (AvgIpc) is 2.90. The van der Waals surface area contributed by atoms with E-state index in [1.54, 1.807) is 0 Å². The van der Waals surface area contributed by atoms with Gasteiger partial charge in [-0.05, 0) is 38.3 Å². The van der Waals surface area contributed by atoms with Gasteiger partial charge in [0.05, 0.1) is 6.42 Å². The lowest BCUT2D eigenvalue weighted by Crippen LogP contribution is -2.53. The van der Waals surface area contributed by atoms with E-state index in [1.165, 1.54) is 0 Å². The van der Waals surface area contributed by atoms with Crippen molar-refractivity contribution in [3.05, 3.63) is 29.8 Å². The van der Waals surface area contributed by atoms with Gasteiger partial charge in [-0.1, -0.05) is 18.2 Å². The maximum atomic E-state index is 12.4. The van der Waals surface area contributed by atoms with Crippen LogP contribution in [0, 0.1) is 5.41 Å². The molecule has 0 bridgehead atoms. The predicted octanol–water partition coefficient (Wildman–Crippen LogP) is 2.31. The van der Waals surface area contributed by atoms with Crippen LogP contribution in [0.15, 0.2) is 24.3 Å². The van der Waals surface area contributed by atoms with Crippen molar-refractivity contribution in [2.75, 3.05) is 18.0 Å². The summed E-state index contributed by atoms with van der Waals surface area (Å²) in [5.41, 5.74) is 1.52. The standard InChI is InChI=1S/C19H25N3O3/c1-19(2,12-15(20)18(24)25)21-9-7-14(8-10-21)22-16-6-4-3-5-13(16)11-17(22)23/h3-6,14,20H,7-12H2,1-2H3,(H,24,25). The highest BCUT2D eigenvalue weighted by Gasteiger charge is 2.38. The van der Waals surface area contributed by atoms with Crippen LogP contribution in [-0.2, 0) is 16.0 Å². The molecule has 25 heavy (non-hydrogen) atoms. The lowest BCUT2D eigenvalue weighted by molar-refractivity contribution is -0.129. The highest BCUT2D eigenvalue weighted by atomic mass is 16.4. The molecule has 0 aromatic heterocycles. The first-order chi connectivity index (χ1) is 11.8. The molecule has 134 valence electrons. The van der Waals surface area contributed by atoms with Gasteiger partial charge in [0.1, 0.15) is 5.71 Å². The molecule has 0 radical (unpaired) electrons. The number of carboxylic acids is 1. The number of para-hydroxylation sites is 1. The largest absolute Gasteiger partial charge is 0.477 e. The Bertz CT molecular complexity index is 706. The van der Waals surface area contributed by atoms with Crippen LogP contribution in [0.5, 0.6) is 0 Å². The summed E-state index contributed by atoms with van der Waals surface area (Å²) >= 11 is 0. The normalized spacial score (nSPS) is 19.1. The molecule has 2 aliphatic heterocycles. The van der Waals surface area contributed by atoms with E-state index in [2.05, 4.69) is 4.90 Å². The van der Waals surface area contributed by atoms with Crippen molar-refractivity contribution >= 4 is 23.3 Å². The molecule has 2 heterocycles. The Morgan fingerprint density at radius 2 is 1.92 bits per heavy atom. The summed E-state index contributed by atoms with van der Waals surface area (Å²) in [7, 11) is 0. The number of rotatable bonds is 5. The summed E-state index contributed by atoms with van der Waals surface area (Å²) in [5.74, 6) is -0.978. The minimum Gasteiger partial charge on any atom is -0.477 e. The smallest absolute Gasteiger partial charge is 0.349 e. The quantitative estimate of drug-likeness (QED) is 0.804. The van der Waals surface area contributed by atoms with Crippen molar-refractivity contribution < 1.29 is 14.7 Å². The minimum atomic E-state index is -1.15. The Labute approximate surface area is 147 Å². The molecule has 1 aromatic carbocycles. The van der Waals surface area contributed by atoms with Crippen LogP contribution in [0.4, 0.5) is 5.69 Å². The number of nitrogens with zero attached hydrogens (tertiary/aromatic N) is 2. The Morgan fingerprint density at radius 3 is 2.56 bits per heavy atom. The van der Waals surface area contributed by atoms with E-state index in [4.69, 9.17) is 10.5 Å². The van der Waals surface area contributed by atoms with Gasteiger partial charge in [0.25, 0.3) is 0 Å². The van der Waals surface area contributed by atoms with Gasteiger partial charge in [-0.15, -0.1) is 0 Å². The number of hydrogen-bond donors (Lipinski definition) is 2. The van der Waals surface area contributed by atoms with Crippen LogP contribution in [-0.4, -0.2) is 52.3 Å². The van der Waals surface area contributed by atoms with Crippen LogP contribution in [0.2, 0.25) is 0 Å². The van der Waals surface area contributed by atoms with Crippen molar-refractivity contribution in [2.45, 2.75) is 51.1 Å². The Kier molecular flexibility index (Phi) is 4.64. The molecule has 0 saturated carbocycles. The number of carbonyl (C=O) groups is 2. The lowest BCUT2D eigenvalue weighted by Gasteiger charge is -2.44. The zero-order valence-corrected chi connectivity index (χ0v) is 14.8. The van der Waals surface area contributed by atoms with Gasteiger partial charge in [0.2, 0.25) is 5.91 Å². The fourth-order valence-electron chi connectivity index (χ4n) is 4.03. The Balaban J connectivity index is 1.65. The number of carboxylic acid groups (broad SMARTS) is 1. The second-order valence-electron chi connectivity index (χ2n) is 7.56. The van der Waals surface area contributed by atoms with Crippen molar-refractivity contribution in [3.63, 3.8) is 0 Å². The predicted molar refractivity (Wildman–Crippen MR) is 96.3 cm³/mol. The maximum Gasteiger partial charge on any atom is 0.349 e. The lowest BCUT2D eigenvalue weighted by atomic mass is 9.91. The third kappa shape index (κ3) is 3.44. The molecular formula is C19H25N3O3. The van der Waals surface area contributed by atoms with Crippen molar-refractivity contribution in [2.24, 2.45) is 0 Å². The molecule has 0 atom stereocenters. The van der Waals surface area contributed by atoms with Gasteiger partial charge in [-0.3, -0.25) is 15.1 Å². The zero-order chi connectivity index (χ0) is 18.2. The van der Waals surface area contributed by atoms with Gasteiger partial charge < -0.3 is 10.0 Å². The summed E-state index contributed by atoms with van der Waals surface area (Å²) in [6, 6.07) is 8.17. The van der Waals surface area contributed by atoms with Gasteiger partial charge in [0.15, 0.2) is 0 Å². The summed E-state index contributed by atoms with van der Waals surface area (Å²) in [5, 5.41) is 16.6. The molecule has 2 N–H and O–H groups in total. The Morgan fingerprint density at radius 1 is 1.28 bits per heavy atom. The number of likely N-dealkylation sites (tertiary alicyclic amines) is 1. The van der Waals surface area contributed by atoms with Crippen LogP contribution in [0.25, 0.3) is 0 Å². The van der Waals surface area contributed by atoms with E-state index in [0.717, 1.165) is 37.2 Å². The number of anilines is 1. The number of benzene rings is 1. The molecule has 6 nitrogen and oxygen atoms in total. The van der Waals surface area contributed by atoms with E-state index in [9.17, 15) is 9.59 Å². The highest BCUT2D eigenvalue weighted by molar-refractivity contribution is 6.34. The van der Waals surface area contributed by atoms with Crippen LogP contribution >= 0.6 is 0 Å². The van der Waals surface area contributed by atoms with Gasteiger partial charge in [0, 0.05) is 36.8 Å². The van der Waals surface area contributed by atoms with Gasteiger partial charge >= 0.3 is 5.97 Å². The fraction of sp³-hybridized carbons (Fsp3) is 0.526. The van der Waals surface area contributed by atoms with Crippen molar-refractivity contribution in [3.8, 4) is 0 Å². The van der Waals surface area contributed by atoms with Crippen molar-refractivity contribution in [1.82, 2.24) is 4.90 Å². The number of hydrogen-bond acceptors (Lipinski definition) is 4. The highest BCUT2D eigenvalue weighted by Crippen LogP contribution is 2.34. The molecule has 1 fully saturated rings. The first-order valence-corrected chi connectivity index (χ1v) is 8.75. The van der Waals surface area contributed by atoms with Crippen LogP contribution < -0.4 is 4.90 Å². The number of nitrogens with one attached hydrogen (secondary N) is 1. The third-order valence-electron chi connectivity index (χ3n) is 5.41. The number of fused-ring (bicyclic) bond motifs is 1. The molecule has 2 aliphatic rings. The molecule has 1 saturated heterocycles. The first kappa shape index (κ1) is 17.6. The molecule has 0 unspecified atom stereocenters. The number of piperidine rings is 1. The number of carbonyl (C=O) groups excluding carboxylic acids is 1. The minimum absolute atomic E-state index is 0.173. The van der Waals surface area contributed by atoms with E-state index in [0.29, 0.717) is 6.42 Å². The second kappa shape index (κ2) is 6.59. The molecular weight excluding hydrogens is 318 g/mol. The van der Waals surface area contributed by atoms with Crippen molar-refractivity contribution in [1.29, 1.82) is 5.41 Å². The maximum absolute atomic E-state index is 12.4. The van der Waals surface area contributed by atoms with Crippen LogP contribution in [0.1, 0.15) is 38.7 Å². The topological polar surface area (TPSA) is 84.7 Å². The summed E-state index contributed by atoms with van der Waals surface area (Å²) < 4.78 is 0. The first-order valence-electron chi connectivity index (χ1n) is 8.75. The average molecular weight is 343 g/mol. The summed E-state index contributed by atoms with van der Waals surface area (Å²) in [6.07, 6.45) is 2.43. The molecule has 3 rings (SSSR count). The molecule has 0 aliphatic carbocycles. The summed E-state index contributed by atoms with van der Waals surface area (Å²) in [6.45, 7) is 5.58. The molecule has 6 heteroatoms. The van der Waals surface area contributed by atoms with E-state index >= 15 is 0 Å². The zero-order valence-electron chi connectivity index (χ0n) is 14.8. The summed E-state index contributed by atoms with van der Waals surface area (Å²) in [4.78, 5) is 27.6. The second-order valence-corrected chi connectivity index (χ2v) is 7.56. The fourth-order valence-corrected chi connectivity index (χ4v) is 4.03. The number of amides is 1. The van der Waals surface area contributed by atoms with E-state index in [1.807, 2.05) is 43.0 Å². The van der Waals surface area contributed by atoms with Gasteiger partial charge in [-0.2, -0.15) is 0 Å². The van der Waals surface area contributed by atoms with Gasteiger partial charge in [-0.25, -0.2) is 4.79 Å². The van der Waals surface area contributed by atoms with Crippen LogP contribution in [0.3, 0.4) is 0 Å². The van der Waals surface area contributed by atoms with E-state index in [-0.39, 0.29) is 29.6 Å². The monoisotopic (exact) mass is 343 g/mol. The third-order valence-corrected chi connectivity index (χ3v) is 5.41. The molecule has 1 amide bonds.